The van der Waals surface area contributed by atoms with Gasteiger partial charge in [-0.1, -0.05) is 18.2 Å². The number of aryl methyl sites for hydroxylation is 1. The highest BCUT2D eigenvalue weighted by molar-refractivity contribution is 14.0. The lowest BCUT2D eigenvalue weighted by atomic mass is 10.2. The number of pyridine rings is 1. The molecule has 6 heteroatoms. The number of fused-ring (bicyclic) bond motifs is 1. The van der Waals surface area contributed by atoms with E-state index >= 15 is 0 Å². The fourth-order valence-corrected chi connectivity index (χ4v) is 2.86. The summed E-state index contributed by atoms with van der Waals surface area (Å²) in [6.07, 6.45) is 11.6. The van der Waals surface area contributed by atoms with Crippen molar-refractivity contribution in [3.8, 4) is 0 Å². The lowest BCUT2D eigenvalue weighted by molar-refractivity contribution is 0.633. The van der Waals surface area contributed by atoms with Crippen LogP contribution in [-0.2, 0) is 6.42 Å². The van der Waals surface area contributed by atoms with Crippen molar-refractivity contribution in [2.75, 3.05) is 13.1 Å². The van der Waals surface area contributed by atoms with Crippen molar-refractivity contribution in [3.63, 3.8) is 0 Å². The maximum atomic E-state index is 4.70. The molecule has 0 spiro atoms. The zero-order valence-electron chi connectivity index (χ0n) is 14.3. The topological polar surface area (TPSA) is 53.7 Å². The quantitative estimate of drug-likeness (QED) is 0.326. The molecular weight excluding hydrogens is 413 g/mol. The second-order valence-electron chi connectivity index (χ2n) is 5.95. The molecule has 0 saturated carbocycles. The molecule has 0 bridgehead atoms. The van der Waals surface area contributed by atoms with Gasteiger partial charge in [-0.2, -0.15) is 0 Å². The molecule has 2 aromatic heterocycles. The molecule has 2 heterocycles. The number of rotatable bonds is 5. The van der Waals surface area contributed by atoms with Crippen molar-refractivity contribution >= 4 is 35.6 Å². The van der Waals surface area contributed by atoms with E-state index in [4.69, 9.17) is 4.98 Å². The van der Waals surface area contributed by atoms with Crippen LogP contribution in [0.1, 0.15) is 31.0 Å². The minimum Gasteiger partial charge on any atom is -0.357 e. The van der Waals surface area contributed by atoms with Gasteiger partial charge in [0, 0.05) is 37.9 Å². The van der Waals surface area contributed by atoms with E-state index < -0.39 is 0 Å². The van der Waals surface area contributed by atoms with Gasteiger partial charge in [0.05, 0.1) is 5.69 Å². The molecule has 24 heavy (non-hydrogen) atoms. The molecule has 130 valence electrons. The Morgan fingerprint density at radius 1 is 1.38 bits per heavy atom. The third-order valence-electron chi connectivity index (χ3n) is 4.06. The van der Waals surface area contributed by atoms with Crippen LogP contribution in [0.15, 0.2) is 41.7 Å². The van der Waals surface area contributed by atoms with Crippen LogP contribution in [0.5, 0.6) is 0 Å². The summed E-state index contributed by atoms with van der Waals surface area (Å²) in [5.41, 5.74) is 3.32. The van der Waals surface area contributed by atoms with Gasteiger partial charge in [-0.25, -0.2) is 4.98 Å². The van der Waals surface area contributed by atoms with Crippen LogP contribution in [-0.4, -0.2) is 34.5 Å². The number of hydrogen-bond acceptors (Lipinski definition) is 2. The van der Waals surface area contributed by atoms with Crippen molar-refractivity contribution in [3.05, 3.63) is 47.9 Å². The van der Waals surface area contributed by atoms with E-state index in [-0.39, 0.29) is 24.0 Å². The number of guanidine groups is 1. The van der Waals surface area contributed by atoms with E-state index in [1.54, 1.807) is 0 Å². The van der Waals surface area contributed by atoms with Gasteiger partial charge < -0.3 is 15.0 Å². The largest absolute Gasteiger partial charge is 0.357 e. The van der Waals surface area contributed by atoms with Crippen molar-refractivity contribution in [1.82, 2.24) is 20.0 Å². The van der Waals surface area contributed by atoms with E-state index in [9.17, 15) is 0 Å². The fourth-order valence-electron chi connectivity index (χ4n) is 2.86. The van der Waals surface area contributed by atoms with Gasteiger partial charge in [0.25, 0.3) is 0 Å². The molecule has 0 unspecified atom stereocenters. The summed E-state index contributed by atoms with van der Waals surface area (Å²) in [4.78, 5) is 9.38. The van der Waals surface area contributed by atoms with Crippen LogP contribution in [0.4, 0.5) is 0 Å². The SMILES string of the molecule is CCNC(=NCCc1cn2cccc(C)c2n1)NC1CC=CC1.I. The van der Waals surface area contributed by atoms with E-state index in [1.165, 1.54) is 5.56 Å². The molecule has 0 amide bonds. The first-order valence-corrected chi connectivity index (χ1v) is 8.39. The molecule has 0 saturated heterocycles. The van der Waals surface area contributed by atoms with Gasteiger partial charge in [-0.3, -0.25) is 4.99 Å². The van der Waals surface area contributed by atoms with Crippen LogP contribution in [0, 0.1) is 6.92 Å². The van der Waals surface area contributed by atoms with Gasteiger partial charge in [-0.05, 0) is 38.3 Å². The molecule has 0 fully saturated rings. The molecule has 0 radical (unpaired) electrons. The summed E-state index contributed by atoms with van der Waals surface area (Å²) in [5.74, 6) is 0.904. The van der Waals surface area contributed by atoms with E-state index in [1.807, 2.05) is 6.20 Å². The standard InChI is InChI=1S/C18H25N5.HI/c1-3-19-18(22-15-8-4-5-9-15)20-11-10-16-13-23-12-6-7-14(2)17(23)21-16;/h4-7,12-13,15H,3,8-11H2,1-2H3,(H2,19,20,22);1H. The van der Waals surface area contributed by atoms with E-state index in [0.717, 1.165) is 49.7 Å². The molecule has 2 aromatic rings. The Morgan fingerprint density at radius 2 is 2.17 bits per heavy atom. The summed E-state index contributed by atoms with van der Waals surface area (Å²) >= 11 is 0. The Morgan fingerprint density at radius 3 is 2.88 bits per heavy atom. The molecule has 0 aliphatic heterocycles. The molecule has 1 aliphatic carbocycles. The summed E-state index contributed by atoms with van der Waals surface area (Å²) in [6, 6.07) is 4.62. The zero-order chi connectivity index (χ0) is 16.1. The Labute approximate surface area is 160 Å². The van der Waals surface area contributed by atoms with Gasteiger partial charge in [0.2, 0.25) is 0 Å². The number of aliphatic imine (C=N–C) groups is 1. The average molecular weight is 439 g/mol. The van der Waals surface area contributed by atoms with Crippen LogP contribution >= 0.6 is 24.0 Å². The normalized spacial score (nSPS) is 14.8. The Bertz CT molecular complexity index is 711. The minimum atomic E-state index is 0. The van der Waals surface area contributed by atoms with Crippen molar-refractivity contribution in [2.45, 2.75) is 39.2 Å². The third-order valence-corrected chi connectivity index (χ3v) is 4.06. The van der Waals surface area contributed by atoms with Gasteiger partial charge in [0.1, 0.15) is 5.65 Å². The van der Waals surface area contributed by atoms with E-state index in [0.29, 0.717) is 6.04 Å². The van der Waals surface area contributed by atoms with Crippen molar-refractivity contribution in [1.29, 1.82) is 0 Å². The van der Waals surface area contributed by atoms with Gasteiger partial charge >= 0.3 is 0 Å². The van der Waals surface area contributed by atoms with Crippen molar-refractivity contribution < 1.29 is 0 Å². The summed E-state index contributed by atoms with van der Waals surface area (Å²) in [6.45, 7) is 5.79. The number of nitrogens with zero attached hydrogens (tertiary/aromatic N) is 3. The molecule has 2 N–H and O–H groups in total. The van der Waals surface area contributed by atoms with Crippen LogP contribution in [0.2, 0.25) is 0 Å². The monoisotopic (exact) mass is 439 g/mol. The van der Waals surface area contributed by atoms with Gasteiger partial charge in [0.15, 0.2) is 5.96 Å². The smallest absolute Gasteiger partial charge is 0.191 e. The molecule has 0 aromatic carbocycles. The first-order chi connectivity index (χ1) is 11.3. The maximum absolute atomic E-state index is 4.70. The predicted octanol–water partition coefficient (Wildman–Crippen LogP) is 3.08. The van der Waals surface area contributed by atoms with Crippen LogP contribution in [0.25, 0.3) is 5.65 Å². The highest BCUT2D eigenvalue weighted by atomic mass is 127. The average Bonchev–Trinajstić information content (AvgIpc) is 3.17. The second kappa shape index (κ2) is 9.05. The molecule has 1 aliphatic rings. The predicted molar refractivity (Wildman–Crippen MR) is 110 cm³/mol. The first-order valence-electron chi connectivity index (χ1n) is 8.39. The number of nitrogens with one attached hydrogen (secondary N) is 2. The molecule has 0 atom stereocenters. The number of hydrogen-bond donors (Lipinski definition) is 2. The Hall–Kier alpha value is -1.57. The van der Waals surface area contributed by atoms with Crippen LogP contribution in [0.3, 0.4) is 0 Å². The first kappa shape index (κ1) is 18.8. The summed E-state index contributed by atoms with van der Waals surface area (Å²) < 4.78 is 2.09. The highest BCUT2D eigenvalue weighted by Crippen LogP contribution is 2.11. The van der Waals surface area contributed by atoms with E-state index in [2.05, 4.69) is 64.4 Å². The molecular formula is C18H26IN5. The lowest BCUT2D eigenvalue weighted by Gasteiger charge is -2.16. The number of aromatic nitrogens is 2. The van der Waals surface area contributed by atoms with Crippen LogP contribution < -0.4 is 10.6 Å². The summed E-state index contributed by atoms with van der Waals surface area (Å²) in [7, 11) is 0. The highest BCUT2D eigenvalue weighted by Gasteiger charge is 2.11. The van der Waals surface area contributed by atoms with Crippen molar-refractivity contribution in [2.24, 2.45) is 4.99 Å². The maximum Gasteiger partial charge on any atom is 0.191 e. The third kappa shape index (κ3) is 4.72. The molecule has 3 rings (SSSR count). The Kier molecular flexibility index (Phi) is 7.08. The Balaban J connectivity index is 0.00000208. The van der Waals surface area contributed by atoms with Gasteiger partial charge in [-0.15, -0.1) is 24.0 Å². The fraction of sp³-hybridized carbons (Fsp3) is 0.444. The number of imidazole rings is 1. The summed E-state index contributed by atoms with van der Waals surface area (Å²) in [5, 5.41) is 6.81. The zero-order valence-corrected chi connectivity index (χ0v) is 16.7. The minimum absolute atomic E-state index is 0. The molecule has 5 nitrogen and oxygen atoms in total. The second-order valence-corrected chi connectivity index (χ2v) is 5.95. The lowest BCUT2D eigenvalue weighted by Crippen LogP contribution is -2.42. The number of halogens is 1.